The van der Waals surface area contributed by atoms with Gasteiger partial charge in [0, 0.05) is 15.6 Å². The summed E-state index contributed by atoms with van der Waals surface area (Å²) in [5.41, 5.74) is 0.284. The minimum atomic E-state index is -0.920. The van der Waals surface area contributed by atoms with Crippen LogP contribution in [0.4, 0.5) is 0 Å². The standard InChI is InChI=1S/C12H8BrNO2S/c13-9-4-5-11(14-7-9)17-10-3-1-2-8(6-10)12(15)16/h1-7H,(H,15,16). The lowest BCUT2D eigenvalue weighted by Crippen LogP contribution is -1.95. The molecular weight excluding hydrogens is 302 g/mol. The highest BCUT2D eigenvalue weighted by molar-refractivity contribution is 9.10. The zero-order valence-corrected chi connectivity index (χ0v) is 11.0. The summed E-state index contributed by atoms with van der Waals surface area (Å²) in [6.45, 7) is 0. The molecule has 0 radical (unpaired) electrons. The fourth-order valence-corrected chi connectivity index (χ4v) is 2.29. The number of benzene rings is 1. The summed E-state index contributed by atoms with van der Waals surface area (Å²) in [7, 11) is 0. The van der Waals surface area contributed by atoms with Crippen LogP contribution in [0.15, 0.2) is 57.0 Å². The van der Waals surface area contributed by atoms with Gasteiger partial charge in [-0.15, -0.1) is 0 Å². The Morgan fingerprint density at radius 1 is 1.29 bits per heavy atom. The van der Waals surface area contributed by atoms with Gasteiger partial charge in [0.1, 0.15) is 5.03 Å². The van der Waals surface area contributed by atoms with Crippen molar-refractivity contribution < 1.29 is 9.90 Å². The first-order valence-electron chi connectivity index (χ1n) is 4.78. The molecular formula is C12H8BrNO2S. The number of nitrogens with zero attached hydrogens (tertiary/aromatic N) is 1. The van der Waals surface area contributed by atoms with Crippen molar-refractivity contribution in [3.8, 4) is 0 Å². The van der Waals surface area contributed by atoms with E-state index in [1.807, 2.05) is 18.2 Å². The van der Waals surface area contributed by atoms with E-state index in [9.17, 15) is 4.79 Å². The molecule has 0 amide bonds. The predicted molar refractivity (Wildman–Crippen MR) is 69.5 cm³/mol. The summed E-state index contributed by atoms with van der Waals surface area (Å²) < 4.78 is 0.918. The Labute approximate surface area is 111 Å². The predicted octanol–water partition coefficient (Wildman–Crippen LogP) is 3.69. The number of aromatic carboxylic acids is 1. The lowest BCUT2D eigenvalue weighted by Gasteiger charge is -2.02. The number of halogens is 1. The van der Waals surface area contributed by atoms with Gasteiger partial charge in [-0.05, 0) is 46.3 Å². The second kappa shape index (κ2) is 5.33. The van der Waals surface area contributed by atoms with Crippen molar-refractivity contribution in [2.45, 2.75) is 9.92 Å². The molecule has 0 aliphatic rings. The van der Waals surface area contributed by atoms with Crippen molar-refractivity contribution in [1.29, 1.82) is 0 Å². The van der Waals surface area contributed by atoms with E-state index in [1.165, 1.54) is 11.8 Å². The van der Waals surface area contributed by atoms with Crippen LogP contribution in [0.3, 0.4) is 0 Å². The van der Waals surface area contributed by atoms with Crippen LogP contribution in [-0.4, -0.2) is 16.1 Å². The Bertz CT molecular complexity index is 542. The van der Waals surface area contributed by atoms with Crippen LogP contribution in [0, 0.1) is 0 Å². The molecule has 0 unspecified atom stereocenters. The lowest BCUT2D eigenvalue weighted by atomic mass is 10.2. The third-order valence-corrected chi connectivity index (χ3v) is 3.41. The molecule has 2 aromatic rings. The number of carboxylic acids is 1. The van der Waals surface area contributed by atoms with Crippen molar-refractivity contribution in [1.82, 2.24) is 4.98 Å². The molecule has 0 saturated heterocycles. The summed E-state index contributed by atoms with van der Waals surface area (Å²) in [5, 5.41) is 9.71. The van der Waals surface area contributed by atoms with E-state index in [-0.39, 0.29) is 5.56 Å². The topological polar surface area (TPSA) is 50.2 Å². The van der Waals surface area contributed by atoms with E-state index in [0.717, 1.165) is 14.4 Å². The summed E-state index contributed by atoms with van der Waals surface area (Å²) in [6.07, 6.45) is 1.71. The molecule has 0 saturated carbocycles. The molecule has 5 heteroatoms. The molecule has 0 atom stereocenters. The van der Waals surface area contributed by atoms with E-state index in [1.54, 1.807) is 24.4 Å². The first-order chi connectivity index (χ1) is 8.15. The molecule has 0 aliphatic carbocycles. The number of carboxylic acid groups (broad SMARTS) is 1. The molecule has 1 heterocycles. The van der Waals surface area contributed by atoms with Gasteiger partial charge in [-0.2, -0.15) is 0 Å². The van der Waals surface area contributed by atoms with Crippen molar-refractivity contribution >= 4 is 33.7 Å². The van der Waals surface area contributed by atoms with Crippen molar-refractivity contribution in [3.63, 3.8) is 0 Å². The number of carbonyl (C=O) groups is 1. The Balaban J connectivity index is 2.21. The highest BCUT2D eigenvalue weighted by atomic mass is 79.9. The summed E-state index contributed by atoms with van der Waals surface area (Å²) in [5.74, 6) is -0.920. The maximum atomic E-state index is 10.8. The van der Waals surface area contributed by atoms with Crippen LogP contribution in [0.1, 0.15) is 10.4 Å². The molecule has 1 aromatic carbocycles. The normalized spacial score (nSPS) is 10.2. The molecule has 1 aromatic heterocycles. The SMILES string of the molecule is O=C(O)c1cccc(Sc2ccc(Br)cn2)c1. The molecule has 0 spiro atoms. The van der Waals surface area contributed by atoms with E-state index in [4.69, 9.17) is 5.11 Å². The number of hydrogen-bond acceptors (Lipinski definition) is 3. The highest BCUT2D eigenvalue weighted by Gasteiger charge is 2.04. The zero-order valence-electron chi connectivity index (χ0n) is 8.63. The van der Waals surface area contributed by atoms with E-state index >= 15 is 0 Å². The van der Waals surface area contributed by atoms with E-state index in [2.05, 4.69) is 20.9 Å². The maximum absolute atomic E-state index is 10.8. The van der Waals surface area contributed by atoms with Crippen LogP contribution in [0.2, 0.25) is 0 Å². The van der Waals surface area contributed by atoms with Crippen LogP contribution in [0.25, 0.3) is 0 Å². The molecule has 0 bridgehead atoms. The summed E-state index contributed by atoms with van der Waals surface area (Å²) in [6, 6.07) is 10.6. The number of rotatable bonds is 3. The minimum absolute atomic E-state index is 0.284. The average Bonchev–Trinajstić information content (AvgIpc) is 2.32. The lowest BCUT2D eigenvalue weighted by molar-refractivity contribution is 0.0696. The van der Waals surface area contributed by atoms with Gasteiger partial charge in [0.25, 0.3) is 0 Å². The van der Waals surface area contributed by atoms with Crippen LogP contribution in [0.5, 0.6) is 0 Å². The van der Waals surface area contributed by atoms with Crippen molar-refractivity contribution in [3.05, 3.63) is 52.6 Å². The van der Waals surface area contributed by atoms with Gasteiger partial charge in [0.05, 0.1) is 5.56 Å². The summed E-state index contributed by atoms with van der Waals surface area (Å²) in [4.78, 5) is 15.9. The monoisotopic (exact) mass is 309 g/mol. The fourth-order valence-electron chi connectivity index (χ4n) is 1.24. The summed E-state index contributed by atoms with van der Waals surface area (Å²) >= 11 is 4.74. The van der Waals surface area contributed by atoms with Gasteiger partial charge >= 0.3 is 5.97 Å². The third-order valence-electron chi connectivity index (χ3n) is 2.00. The number of hydrogen-bond donors (Lipinski definition) is 1. The smallest absolute Gasteiger partial charge is 0.335 e. The van der Waals surface area contributed by atoms with Gasteiger partial charge in [0.2, 0.25) is 0 Å². The Morgan fingerprint density at radius 3 is 2.76 bits per heavy atom. The first-order valence-corrected chi connectivity index (χ1v) is 6.39. The van der Waals surface area contributed by atoms with Crippen LogP contribution < -0.4 is 0 Å². The Kier molecular flexibility index (Phi) is 3.81. The fraction of sp³-hybridized carbons (Fsp3) is 0. The van der Waals surface area contributed by atoms with Gasteiger partial charge in [0.15, 0.2) is 0 Å². The van der Waals surface area contributed by atoms with Gasteiger partial charge < -0.3 is 5.11 Å². The molecule has 2 rings (SSSR count). The zero-order chi connectivity index (χ0) is 12.3. The molecule has 1 N–H and O–H groups in total. The molecule has 17 heavy (non-hydrogen) atoms. The second-order valence-electron chi connectivity index (χ2n) is 3.25. The van der Waals surface area contributed by atoms with E-state index in [0.29, 0.717) is 0 Å². The van der Waals surface area contributed by atoms with Crippen molar-refractivity contribution in [2.75, 3.05) is 0 Å². The van der Waals surface area contributed by atoms with Gasteiger partial charge in [-0.3, -0.25) is 0 Å². The highest BCUT2D eigenvalue weighted by Crippen LogP contribution is 2.27. The average molecular weight is 310 g/mol. The Hall–Kier alpha value is -1.33. The van der Waals surface area contributed by atoms with Crippen LogP contribution >= 0.6 is 27.7 Å². The molecule has 86 valence electrons. The van der Waals surface area contributed by atoms with Crippen molar-refractivity contribution in [2.24, 2.45) is 0 Å². The second-order valence-corrected chi connectivity index (χ2v) is 5.26. The molecule has 0 fully saturated rings. The molecule has 0 aliphatic heterocycles. The Morgan fingerprint density at radius 2 is 2.12 bits per heavy atom. The van der Waals surface area contributed by atoms with Gasteiger partial charge in [-0.25, -0.2) is 9.78 Å². The van der Waals surface area contributed by atoms with Crippen LogP contribution in [-0.2, 0) is 0 Å². The first kappa shape index (κ1) is 12.1. The van der Waals surface area contributed by atoms with E-state index < -0.39 is 5.97 Å². The maximum Gasteiger partial charge on any atom is 0.335 e. The molecule has 3 nitrogen and oxygen atoms in total. The third kappa shape index (κ3) is 3.31. The minimum Gasteiger partial charge on any atom is -0.478 e. The van der Waals surface area contributed by atoms with Gasteiger partial charge in [-0.1, -0.05) is 17.8 Å². The quantitative estimate of drug-likeness (QED) is 0.939. The largest absolute Gasteiger partial charge is 0.478 e. The number of pyridine rings is 1. The number of aromatic nitrogens is 1.